The van der Waals surface area contributed by atoms with E-state index in [-0.39, 0.29) is 11.3 Å². The van der Waals surface area contributed by atoms with Crippen molar-refractivity contribution in [2.45, 2.75) is 6.10 Å². The molecule has 106 valence electrons. The number of halogens is 2. The standard InChI is InChI=1S/C15H14BrFO3/c1-19-13-7-11(12(17)8-14(13)20-2)15(18)9-3-5-10(16)6-4-9/h3-8,15,18H,1-2H3. The summed E-state index contributed by atoms with van der Waals surface area (Å²) >= 11 is 3.31. The minimum atomic E-state index is -1.07. The monoisotopic (exact) mass is 340 g/mol. The van der Waals surface area contributed by atoms with Crippen LogP contribution in [0.5, 0.6) is 11.5 Å². The zero-order valence-electron chi connectivity index (χ0n) is 11.1. The molecule has 0 aromatic heterocycles. The predicted octanol–water partition coefficient (Wildman–Crippen LogP) is 3.69. The Morgan fingerprint density at radius 3 is 2.15 bits per heavy atom. The first-order chi connectivity index (χ1) is 9.56. The van der Waals surface area contributed by atoms with Gasteiger partial charge in [0.2, 0.25) is 0 Å². The zero-order chi connectivity index (χ0) is 14.7. The lowest BCUT2D eigenvalue weighted by Crippen LogP contribution is -2.04. The Labute approximate surface area is 125 Å². The molecular formula is C15H14BrFO3. The lowest BCUT2D eigenvalue weighted by atomic mass is 10.0. The zero-order valence-corrected chi connectivity index (χ0v) is 12.6. The maximum Gasteiger partial charge on any atom is 0.163 e. The van der Waals surface area contributed by atoms with Crippen molar-refractivity contribution >= 4 is 15.9 Å². The van der Waals surface area contributed by atoms with Crippen molar-refractivity contribution in [3.63, 3.8) is 0 Å². The predicted molar refractivity (Wildman–Crippen MR) is 77.7 cm³/mol. The summed E-state index contributed by atoms with van der Waals surface area (Å²) in [6, 6.07) is 9.68. The van der Waals surface area contributed by atoms with Crippen molar-refractivity contribution in [2.75, 3.05) is 14.2 Å². The van der Waals surface area contributed by atoms with Gasteiger partial charge in [0.1, 0.15) is 11.9 Å². The average molecular weight is 341 g/mol. The molecule has 20 heavy (non-hydrogen) atoms. The first kappa shape index (κ1) is 14.8. The van der Waals surface area contributed by atoms with E-state index in [9.17, 15) is 9.50 Å². The number of ether oxygens (including phenoxy) is 2. The summed E-state index contributed by atoms with van der Waals surface area (Å²) in [5.41, 5.74) is 0.740. The quantitative estimate of drug-likeness (QED) is 0.922. The summed E-state index contributed by atoms with van der Waals surface area (Å²) in [6.45, 7) is 0. The van der Waals surface area contributed by atoms with Crippen molar-refractivity contribution in [1.29, 1.82) is 0 Å². The van der Waals surface area contributed by atoms with Crippen LogP contribution < -0.4 is 9.47 Å². The van der Waals surface area contributed by atoms with Crippen LogP contribution in [0.15, 0.2) is 40.9 Å². The van der Waals surface area contributed by atoms with Crippen LogP contribution in [-0.4, -0.2) is 19.3 Å². The van der Waals surface area contributed by atoms with Crippen LogP contribution in [-0.2, 0) is 0 Å². The SMILES string of the molecule is COc1cc(F)c(C(O)c2ccc(Br)cc2)cc1OC. The number of methoxy groups -OCH3 is 2. The van der Waals surface area contributed by atoms with Crippen molar-refractivity contribution in [3.8, 4) is 11.5 Å². The second kappa shape index (κ2) is 6.24. The molecule has 0 amide bonds. The molecule has 0 spiro atoms. The fourth-order valence-corrected chi connectivity index (χ4v) is 2.17. The minimum Gasteiger partial charge on any atom is -0.493 e. The molecular weight excluding hydrogens is 327 g/mol. The lowest BCUT2D eigenvalue weighted by Gasteiger charge is -2.15. The topological polar surface area (TPSA) is 38.7 Å². The van der Waals surface area contributed by atoms with Crippen molar-refractivity contribution in [1.82, 2.24) is 0 Å². The highest BCUT2D eigenvalue weighted by atomic mass is 79.9. The molecule has 0 saturated carbocycles. The Hall–Kier alpha value is -1.59. The summed E-state index contributed by atoms with van der Waals surface area (Å²) in [4.78, 5) is 0. The van der Waals surface area contributed by atoms with E-state index in [2.05, 4.69) is 15.9 Å². The minimum absolute atomic E-state index is 0.143. The smallest absolute Gasteiger partial charge is 0.163 e. The van der Waals surface area contributed by atoms with Gasteiger partial charge in [-0.25, -0.2) is 4.39 Å². The van der Waals surface area contributed by atoms with Crippen molar-refractivity contribution in [3.05, 3.63) is 57.8 Å². The van der Waals surface area contributed by atoms with E-state index in [0.717, 1.165) is 4.47 Å². The van der Waals surface area contributed by atoms with Crippen molar-refractivity contribution in [2.24, 2.45) is 0 Å². The summed E-state index contributed by atoms with van der Waals surface area (Å²) in [6.07, 6.45) is -1.07. The van der Waals surface area contributed by atoms with Gasteiger partial charge in [0, 0.05) is 16.1 Å². The molecule has 3 nitrogen and oxygen atoms in total. The molecule has 2 aromatic carbocycles. The third-order valence-corrected chi connectivity index (χ3v) is 3.51. The molecule has 0 radical (unpaired) electrons. The maximum absolute atomic E-state index is 14.1. The Morgan fingerprint density at radius 1 is 1.05 bits per heavy atom. The van der Waals surface area contributed by atoms with E-state index in [4.69, 9.17) is 9.47 Å². The van der Waals surface area contributed by atoms with Crippen molar-refractivity contribution < 1.29 is 19.0 Å². The van der Waals surface area contributed by atoms with Gasteiger partial charge in [0.15, 0.2) is 11.5 Å². The van der Waals surface area contributed by atoms with E-state index in [1.54, 1.807) is 24.3 Å². The molecule has 1 atom stereocenters. The summed E-state index contributed by atoms with van der Waals surface area (Å²) in [7, 11) is 2.90. The molecule has 0 saturated heterocycles. The van der Waals surface area contributed by atoms with Crippen LogP contribution >= 0.6 is 15.9 Å². The third-order valence-electron chi connectivity index (χ3n) is 2.98. The van der Waals surface area contributed by atoms with Crippen LogP contribution in [0.4, 0.5) is 4.39 Å². The highest BCUT2D eigenvalue weighted by Gasteiger charge is 2.19. The van der Waals surface area contributed by atoms with E-state index in [1.165, 1.54) is 26.4 Å². The van der Waals surface area contributed by atoms with Gasteiger partial charge in [0.05, 0.1) is 14.2 Å². The molecule has 0 heterocycles. The molecule has 0 fully saturated rings. The summed E-state index contributed by atoms with van der Waals surface area (Å²) < 4.78 is 25.1. The number of aliphatic hydroxyl groups excluding tert-OH is 1. The van der Waals surface area contributed by atoms with Gasteiger partial charge in [-0.15, -0.1) is 0 Å². The molecule has 0 bridgehead atoms. The molecule has 0 aliphatic heterocycles. The van der Waals surface area contributed by atoms with Crippen LogP contribution in [0.2, 0.25) is 0 Å². The first-order valence-electron chi connectivity index (χ1n) is 5.91. The van der Waals surface area contributed by atoms with Gasteiger partial charge in [0.25, 0.3) is 0 Å². The Bertz CT molecular complexity index is 599. The molecule has 0 aliphatic rings. The first-order valence-corrected chi connectivity index (χ1v) is 6.71. The number of hydrogen-bond donors (Lipinski definition) is 1. The average Bonchev–Trinajstić information content (AvgIpc) is 2.47. The second-order valence-electron chi connectivity index (χ2n) is 4.18. The fourth-order valence-electron chi connectivity index (χ4n) is 1.90. The molecule has 1 unspecified atom stereocenters. The fraction of sp³-hybridized carbons (Fsp3) is 0.200. The number of benzene rings is 2. The second-order valence-corrected chi connectivity index (χ2v) is 5.10. The van der Waals surface area contributed by atoms with E-state index in [0.29, 0.717) is 11.3 Å². The Kier molecular flexibility index (Phi) is 4.62. The van der Waals surface area contributed by atoms with Gasteiger partial charge < -0.3 is 14.6 Å². The van der Waals surface area contributed by atoms with Gasteiger partial charge in [-0.1, -0.05) is 28.1 Å². The van der Waals surface area contributed by atoms with Gasteiger partial charge >= 0.3 is 0 Å². The van der Waals surface area contributed by atoms with Gasteiger partial charge in [-0.2, -0.15) is 0 Å². The molecule has 2 rings (SSSR count). The summed E-state index contributed by atoms with van der Waals surface area (Å²) in [5.74, 6) is 0.120. The highest BCUT2D eigenvalue weighted by Crippen LogP contribution is 2.34. The number of aliphatic hydroxyl groups is 1. The van der Waals surface area contributed by atoms with E-state index in [1.807, 2.05) is 0 Å². The molecule has 0 aliphatic carbocycles. The summed E-state index contributed by atoms with van der Waals surface area (Å²) in [5, 5.41) is 10.3. The van der Waals surface area contributed by atoms with Crippen LogP contribution in [0, 0.1) is 5.82 Å². The third kappa shape index (κ3) is 2.94. The maximum atomic E-state index is 14.1. The van der Waals surface area contributed by atoms with Gasteiger partial charge in [-0.3, -0.25) is 0 Å². The van der Waals surface area contributed by atoms with Crippen LogP contribution in [0.1, 0.15) is 17.2 Å². The molecule has 2 aromatic rings. The molecule has 5 heteroatoms. The van der Waals surface area contributed by atoms with Gasteiger partial charge in [-0.05, 0) is 23.8 Å². The highest BCUT2D eigenvalue weighted by molar-refractivity contribution is 9.10. The van der Waals surface area contributed by atoms with E-state index >= 15 is 0 Å². The van der Waals surface area contributed by atoms with E-state index < -0.39 is 11.9 Å². The normalized spacial score (nSPS) is 12.1. The lowest BCUT2D eigenvalue weighted by molar-refractivity contribution is 0.214. The Balaban J connectivity index is 2.43. The number of hydrogen-bond acceptors (Lipinski definition) is 3. The molecule has 1 N–H and O–H groups in total. The van der Waals surface area contributed by atoms with Crippen LogP contribution in [0.25, 0.3) is 0 Å². The number of rotatable bonds is 4. The largest absolute Gasteiger partial charge is 0.493 e. The Morgan fingerprint density at radius 2 is 1.60 bits per heavy atom. The van der Waals surface area contributed by atoms with Crippen LogP contribution in [0.3, 0.4) is 0 Å².